The Kier molecular flexibility index (Phi) is 3.55. The van der Waals surface area contributed by atoms with Gasteiger partial charge in [0, 0.05) is 24.6 Å². The Labute approximate surface area is 99.7 Å². The number of benzene rings is 1. The largest absolute Gasteiger partial charge is 0.399 e. The molecule has 2 rings (SSSR count). The zero-order valence-corrected chi connectivity index (χ0v) is 9.54. The second kappa shape index (κ2) is 5.30. The topological polar surface area (TPSA) is 60.9 Å². The number of anilines is 1. The van der Waals surface area contributed by atoms with Gasteiger partial charge in [-0.05, 0) is 36.6 Å². The molecule has 0 saturated heterocycles. The molecule has 0 bridgehead atoms. The van der Waals surface area contributed by atoms with Crippen LogP contribution in [0, 0.1) is 0 Å². The first-order chi connectivity index (χ1) is 8.25. The molecule has 0 aliphatic rings. The van der Waals surface area contributed by atoms with Gasteiger partial charge in [-0.1, -0.05) is 12.1 Å². The number of nitrogen functional groups attached to an aromatic ring is 1. The molecule has 0 unspecified atom stereocenters. The van der Waals surface area contributed by atoms with Gasteiger partial charge in [-0.3, -0.25) is 4.57 Å². The van der Waals surface area contributed by atoms with Crippen LogP contribution in [0.5, 0.6) is 0 Å². The highest BCUT2D eigenvalue weighted by Crippen LogP contribution is 2.08. The Morgan fingerprint density at radius 1 is 1.29 bits per heavy atom. The van der Waals surface area contributed by atoms with Crippen LogP contribution in [-0.4, -0.2) is 9.55 Å². The van der Waals surface area contributed by atoms with Crippen LogP contribution in [0.15, 0.2) is 47.5 Å². The number of nitrogens with zero attached hydrogens (tertiary/aromatic N) is 2. The number of aromatic nitrogens is 2. The minimum atomic E-state index is -0.194. The maximum Gasteiger partial charge on any atom is 0.347 e. The van der Waals surface area contributed by atoms with Crippen LogP contribution in [0.4, 0.5) is 5.69 Å². The summed E-state index contributed by atoms with van der Waals surface area (Å²) >= 11 is 0. The van der Waals surface area contributed by atoms with Crippen molar-refractivity contribution in [1.29, 1.82) is 0 Å². The first-order valence-corrected chi connectivity index (χ1v) is 5.61. The van der Waals surface area contributed by atoms with E-state index < -0.39 is 0 Å². The highest BCUT2D eigenvalue weighted by molar-refractivity contribution is 5.40. The van der Waals surface area contributed by atoms with Gasteiger partial charge in [0.15, 0.2) is 0 Å². The number of nitrogens with two attached hydrogens (primary N) is 1. The van der Waals surface area contributed by atoms with Crippen LogP contribution >= 0.6 is 0 Å². The van der Waals surface area contributed by atoms with Crippen LogP contribution in [0.2, 0.25) is 0 Å². The van der Waals surface area contributed by atoms with Crippen molar-refractivity contribution in [1.82, 2.24) is 9.55 Å². The molecule has 0 fully saturated rings. The summed E-state index contributed by atoms with van der Waals surface area (Å²) in [6.07, 6.45) is 5.08. The smallest absolute Gasteiger partial charge is 0.347 e. The fourth-order valence-electron chi connectivity index (χ4n) is 1.76. The lowest BCUT2D eigenvalue weighted by Crippen LogP contribution is -2.21. The lowest BCUT2D eigenvalue weighted by Gasteiger charge is -2.05. The third-order valence-electron chi connectivity index (χ3n) is 2.60. The Balaban J connectivity index is 1.92. The maximum absolute atomic E-state index is 11.3. The van der Waals surface area contributed by atoms with E-state index in [0.29, 0.717) is 6.54 Å². The van der Waals surface area contributed by atoms with Crippen LogP contribution in [0.1, 0.15) is 12.0 Å². The molecule has 0 atom stereocenters. The number of aryl methyl sites for hydroxylation is 2. The normalized spacial score (nSPS) is 10.4. The minimum Gasteiger partial charge on any atom is -0.399 e. The summed E-state index contributed by atoms with van der Waals surface area (Å²) in [5, 5.41) is 0. The lowest BCUT2D eigenvalue weighted by atomic mass is 10.1. The minimum absolute atomic E-state index is 0.194. The molecule has 2 aromatic rings. The van der Waals surface area contributed by atoms with Gasteiger partial charge < -0.3 is 5.73 Å². The van der Waals surface area contributed by atoms with Gasteiger partial charge in [0.05, 0.1) is 0 Å². The van der Waals surface area contributed by atoms with Gasteiger partial charge in [0.1, 0.15) is 0 Å². The molecule has 0 amide bonds. The fourth-order valence-corrected chi connectivity index (χ4v) is 1.76. The quantitative estimate of drug-likeness (QED) is 0.807. The van der Waals surface area contributed by atoms with E-state index in [0.717, 1.165) is 18.5 Å². The maximum atomic E-state index is 11.3. The molecule has 0 aliphatic heterocycles. The standard InChI is InChI=1S/C13H15N3O/c14-12-6-1-4-11(10-12)5-2-8-16-9-3-7-15-13(16)17/h1,3-4,6-7,9-10H,2,5,8,14H2. The molecular formula is C13H15N3O. The van der Waals surface area contributed by atoms with E-state index in [1.165, 1.54) is 11.8 Å². The summed E-state index contributed by atoms with van der Waals surface area (Å²) in [5.74, 6) is 0. The molecule has 0 aliphatic carbocycles. The summed E-state index contributed by atoms with van der Waals surface area (Å²) in [6.45, 7) is 0.682. The van der Waals surface area contributed by atoms with Gasteiger partial charge in [0.25, 0.3) is 0 Å². The predicted octanol–water partition coefficient (Wildman–Crippen LogP) is 1.46. The van der Waals surface area contributed by atoms with Crippen molar-refractivity contribution >= 4 is 5.69 Å². The third kappa shape index (κ3) is 3.17. The second-order valence-corrected chi connectivity index (χ2v) is 3.94. The lowest BCUT2D eigenvalue weighted by molar-refractivity contribution is 0.607. The number of hydrogen-bond donors (Lipinski definition) is 1. The van der Waals surface area contributed by atoms with E-state index in [1.54, 1.807) is 16.8 Å². The molecule has 88 valence electrons. The predicted molar refractivity (Wildman–Crippen MR) is 67.7 cm³/mol. The summed E-state index contributed by atoms with van der Waals surface area (Å²) in [7, 11) is 0. The highest BCUT2D eigenvalue weighted by Gasteiger charge is 1.97. The van der Waals surface area contributed by atoms with Gasteiger partial charge in [-0.25, -0.2) is 9.78 Å². The SMILES string of the molecule is Nc1cccc(CCCn2cccnc2=O)c1. The Bertz CT molecular complexity index is 548. The first-order valence-electron chi connectivity index (χ1n) is 5.61. The zero-order chi connectivity index (χ0) is 12.1. The van der Waals surface area contributed by atoms with Gasteiger partial charge >= 0.3 is 5.69 Å². The monoisotopic (exact) mass is 229 g/mol. The van der Waals surface area contributed by atoms with E-state index in [9.17, 15) is 4.79 Å². The van der Waals surface area contributed by atoms with Crippen molar-refractivity contribution in [3.05, 3.63) is 58.8 Å². The highest BCUT2D eigenvalue weighted by atomic mass is 16.1. The average molecular weight is 229 g/mol. The molecule has 17 heavy (non-hydrogen) atoms. The van der Waals surface area contributed by atoms with Crippen LogP contribution in [0.25, 0.3) is 0 Å². The summed E-state index contributed by atoms with van der Waals surface area (Å²) < 4.78 is 1.62. The molecule has 1 aromatic carbocycles. The van der Waals surface area contributed by atoms with E-state index in [1.807, 2.05) is 24.3 Å². The Morgan fingerprint density at radius 2 is 2.18 bits per heavy atom. The molecule has 0 saturated carbocycles. The van der Waals surface area contributed by atoms with Crippen molar-refractivity contribution in [2.45, 2.75) is 19.4 Å². The molecule has 4 heteroatoms. The molecule has 2 N–H and O–H groups in total. The van der Waals surface area contributed by atoms with E-state index in [-0.39, 0.29) is 5.69 Å². The van der Waals surface area contributed by atoms with Gasteiger partial charge in [-0.2, -0.15) is 0 Å². The summed E-state index contributed by atoms with van der Waals surface area (Å²) in [6, 6.07) is 9.59. The number of rotatable bonds is 4. The molecule has 4 nitrogen and oxygen atoms in total. The van der Waals surface area contributed by atoms with E-state index >= 15 is 0 Å². The molecule has 1 aromatic heterocycles. The Hall–Kier alpha value is -2.10. The molecule has 0 radical (unpaired) electrons. The third-order valence-corrected chi connectivity index (χ3v) is 2.60. The second-order valence-electron chi connectivity index (χ2n) is 3.94. The Morgan fingerprint density at radius 3 is 2.94 bits per heavy atom. The number of hydrogen-bond acceptors (Lipinski definition) is 3. The van der Waals surface area contributed by atoms with E-state index in [2.05, 4.69) is 4.98 Å². The van der Waals surface area contributed by atoms with Gasteiger partial charge in [-0.15, -0.1) is 0 Å². The summed E-state index contributed by atoms with van der Waals surface area (Å²) in [5.41, 5.74) is 7.48. The van der Waals surface area contributed by atoms with E-state index in [4.69, 9.17) is 5.73 Å². The van der Waals surface area contributed by atoms with Crippen molar-refractivity contribution in [3.8, 4) is 0 Å². The fraction of sp³-hybridized carbons (Fsp3) is 0.231. The first kappa shape index (κ1) is 11.4. The van der Waals surface area contributed by atoms with Crippen molar-refractivity contribution < 1.29 is 0 Å². The molecule has 0 spiro atoms. The van der Waals surface area contributed by atoms with Crippen LogP contribution in [0.3, 0.4) is 0 Å². The van der Waals surface area contributed by atoms with Crippen molar-refractivity contribution in [2.75, 3.05) is 5.73 Å². The van der Waals surface area contributed by atoms with Crippen LogP contribution < -0.4 is 11.4 Å². The average Bonchev–Trinajstić information content (AvgIpc) is 2.32. The van der Waals surface area contributed by atoms with Gasteiger partial charge in [0.2, 0.25) is 0 Å². The molecular weight excluding hydrogens is 214 g/mol. The summed E-state index contributed by atoms with van der Waals surface area (Å²) in [4.78, 5) is 15.1. The van der Waals surface area contributed by atoms with Crippen molar-refractivity contribution in [3.63, 3.8) is 0 Å². The van der Waals surface area contributed by atoms with Crippen molar-refractivity contribution in [2.24, 2.45) is 0 Å². The molecule has 1 heterocycles. The zero-order valence-electron chi connectivity index (χ0n) is 9.54. The van der Waals surface area contributed by atoms with Crippen LogP contribution in [-0.2, 0) is 13.0 Å².